The number of rotatable bonds is 5. The summed E-state index contributed by atoms with van der Waals surface area (Å²) in [5, 5.41) is 0. The van der Waals surface area contributed by atoms with E-state index in [-0.39, 0.29) is 38.3 Å². The van der Waals surface area contributed by atoms with Crippen LogP contribution >= 0.6 is 0 Å². The van der Waals surface area contributed by atoms with Gasteiger partial charge in [-0.15, -0.1) is 0 Å². The molecule has 6 nitrogen and oxygen atoms in total. The Balaban J connectivity index is 2.84. The molecule has 0 aliphatic heterocycles. The van der Waals surface area contributed by atoms with Crippen molar-refractivity contribution < 1.29 is 28.7 Å². The first-order valence-corrected chi connectivity index (χ1v) is 6.74. The topological polar surface area (TPSA) is 86.7 Å². The van der Waals surface area contributed by atoms with Crippen LogP contribution in [0, 0.1) is 11.3 Å². The van der Waals surface area contributed by atoms with Crippen molar-refractivity contribution in [2.24, 2.45) is 11.3 Å². The number of hydrogen-bond acceptors (Lipinski definition) is 6. The molecule has 1 aliphatic rings. The van der Waals surface area contributed by atoms with E-state index in [1.54, 1.807) is 13.8 Å². The summed E-state index contributed by atoms with van der Waals surface area (Å²) in [6, 6.07) is 0. The van der Waals surface area contributed by atoms with Gasteiger partial charge in [-0.1, -0.05) is 0 Å². The Kier molecular flexibility index (Phi) is 5.42. The molecule has 0 amide bonds. The molecule has 2 atom stereocenters. The maximum absolute atomic E-state index is 12.0. The fourth-order valence-corrected chi connectivity index (χ4v) is 2.31. The second kappa shape index (κ2) is 6.63. The van der Waals surface area contributed by atoms with E-state index < -0.39 is 29.1 Å². The van der Waals surface area contributed by atoms with E-state index in [4.69, 9.17) is 9.47 Å². The van der Waals surface area contributed by atoms with Crippen LogP contribution in [0.3, 0.4) is 0 Å². The zero-order valence-corrected chi connectivity index (χ0v) is 12.1. The lowest BCUT2D eigenvalue weighted by molar-refractivity contribution is -0.164. The van der Waals surface area contributed by atoms with Gasteiger partial charge in [-0.25, -0.2) is 0 Å². The first kappa shape index (κ1) is 16.3. The first-order chi connectivity index (χ1) is 9.35. The average molecular weight is 284 g/mol. The van der Waals surface area contributed by atoms with E-state index in [1.807, 2.05) is 0 Å². The molecule has 0 radical (unpaired) electrons. The lowest BCUT2D eigenvalue weighted by Gasteiger charge is -2.33. The van der Waals surface area contributed by atoms with E-state index in [0.29, 0.717) is 0 Å². The van der Waals surface area contributed by atoms with Gasteiger partial charge in [0.05, 0.1) is 26.1 Å². The molecule has 1 rings (SSSR count). The van der Waals surface area contributed by atoms with Gasteiger partial charge in [0.1, 0.15) is 11.2 Å². The normalized spacial score (nSPS) is 26.2. The summed E-state index contributed by atoms with van der Waals surface area (Å²) < 4.78 is 9.71. The third-order valence-corrected chi connectivity index (χ3v) is 3.50. The van der Waals surface area contributed by atoms with Crippen molar-refractivity contribution in [3.63, 3.8) is 0 Å². The van der Waals surface area contributed by atoms with Crippen LogP contribution in [-0.2, 0) is 28.7 Å². The predicted octanol–water partition coefficient (Wildman–Crippen LogP) is 1.06. The van der Waals surface area contributed by atoms with Gasteiger partial charge in [0.25, 0.3) is 0 Å². The Morgan fingerprint density at radius 1 is 1.20 bits per heavy atom. The lowest BCUT2D eigenvalue weighted by Crippen LogP contribution is -2.46. The second-order valence-corrected chi connectivity index (χ2v) is 5.03. The smallest absolute Gasteiger partial charge is 0.319 e. The minimum absolute atomic E-state index is 0.00230. The molecule has 1 saturated carbocycles. The van der Waals surface area contributed by atoms with Crippen molar-refractivity contribution in [1.29, 1.82) is 0 Å². The Bertz CT molecular complexity index is 427. The van der Waals surface area contributed by atoms with E-state index in [0.717, 1.165) is 0 Å². The van der Waals surface area contributed by atoms with Crippen LogP contribution < -0.4 is 0 Å². The van der Waals surface area contributed by atoms with Crippen LogP contribution in [0.1, 0.15) is 40.0 Å². The first-order valence-electron chi connectivity index (χ1n) is 6.74. The third-order valence-electron chi connectivity index (χ3n) is 3.50. The minimum Gasteiger partial charge on any atom is -0.466 e. The Labute approximate surface area is 117 Å². The predicted molar refractivity (Wildman–Crippen MR) is 68.7 cm³/mol. The molecular weight excluding hydrogens is 264 g/mol. The number of ether oxygens (including phenoxy) is 2. The molecule has 0 aromatic heterocycles. The molecule has 0 saturated heterocycles. The molecule has 112 valence electrons. The molecule has 0 bridgehead atoms. The fourth-order valence-electron chi connectivity index (χ4n) is 2.31. The zero-order chi connectivity index (χ0) is 15.3. The minimum atomic E-state index is -1.35. The molecule has 0 aromatic rings. The molecular formula is C14H20O6. The molecule has 0 heterocycles. The molecule has 1 aliphatic carbocycles. The highest BCUT2D eigenvalue weighted by Gasteiger charge is 2.50. The molecule has 20 heavy (non-hydrogen) atoms. The maximum Gasteiger partial charge on any atom is 0.319 e. The van der Waals surface area contributed by atoms with E-state index in [9.17, 15) is 19.2 Å². The Hall–Kier alpha value is -1.72. The summed E-state index contributed by atoms with van der Waals surface area (Å²) in [7, 11) is 0. The highest BCUT2D eigenvalue weighted by molar-refractivity contribution is 6.14. The standard InChI is InChI=1S/C14H20O6/c1-4-19-12(17)6-9-8-14(3,13(18)20-5-2)11(16)7-10(9)15/h9H,4-8H2,1-3H3/t9-,14-/m0/s1. The third kappa shape index (κ3) is 3.43. The van der Waals surface area contributed by atoms with Crippen molar-refractivity contribution in [1.82, 2.24) is 0 Å². The highest BCUT2D eigenvalue weighted by atomic mass is 16.5. The Morgan fingerprint density at radius 3 is 2.35 bits per heavy atom. The number of Topliss-reactive ketones (excluding diaryl/α,β-unsaturated/α-hetero) is 2. The van der Waals surface area contributed by atoms with Crippen LogP contribution in [0.15, 0.2) is 0 Å². The summed E-state index contributed by atoms with van der Waals surface area (Å²) in [5.41, 5.74) is -1.35. The van der Waals surface area contributed by atoms with Gasteiger partial charge in [0.15, 0.2) is 5.78 Å². The van der Waals surface area contributed by atoms with Crippen molar-refractivity contribution in [2.75, 3.05) is 13.2 Å². The molecule has 0 spiro atoms. The molecule has 0 aromatic carbocycles. The van der Waals surface area contributed by atoms with Gasteiger partial charge in [-0.05, 0) is 27.2 Å². The van der Waals surface area contributed by atoms with E-state index >= 15 is 0 Å². The summed E-state index contributed by atoms with van der Waals surface area (Å²) in [4.78, 5) is 47.2. The number of carbonyl (C=O) groups is 4. The molecule has 0 unspecified atom stereocenters. The number of carbonyl (C=O) groups excluding carboxylic acids is 4. The van der Waals surface area contributed by atoms with Gasteiger partial charge < -0.3 is 9.47 Å². The van der Waals surface area contributed by atoms with Gasteiger partial charge in [0, 0.05) is 5.92 Å². The maximum atomic E-state index is 12.0. The fraction of sp³-hybridized carbons (Fsp3) is 0.714. The van der Waals surface area contributed by atoms with E-state index in [2.05, 4.69) is 0 Å². The molecule has 6 heteroatoms. The largest absolute Gasteiger partial charge is 0.466 e. The number of hydrogen-bond donors (Lipinski definition) is 0. The number of esters is 2. The van der Waals surface area contributed by atoms with Gasteiger partial charge in [-0.3, -0.25) is 19.2 Å². The van der Waals surface area contributed by atoms with Gasteiger partial charge in [-0.2, -0.15) is 0 Å². The van der Waals surface area contributed by atoms with Crippen LogP contribution in [-0.4, -0.2) is 36.7 Å². The quantitative estimate of drug-likeness (QED) is 0.554. The zero-order valence-electron chi connectivity index (χ0n) is 12.1. The number of ketones is 2. The van der Waals surface area contributed by atoms with Crippen molar-refractivity contribution >= 4 is 23.5 Å². The van der Waals surface area contributed by atoms with Crippen molar-refractivity contribution in [3.8, 4) is 0 Å². The summed E-state index contributed by atoms with van der Waals surface area (Å²) >= 11 is 0. The van der Waals surface area contributed by atoms with Crippen molar-refractivity contribution in [2.45, 2.75) is 40.0 Å². The second-order valence-electron chi connectivity index (χ2n) is 5.03. The molecule has 1 fully saturated rings. The van der Waals surface area contributed by atoms with Crippen LogP contribution in [0.2, 0.25) is 0 Å². The van der Waals surface area contributed by atoms with E-state index in [1.165, 1.54) is 6.92 Å². The van der Waals surface area contributed by atoms with Crippen LogP contribution in [0.4, 0.5) is 0 Å². The van der Waals surface area contributed by atoms with Crippen LogP contribution in [0.25, 0.3) is 0 Å². The summed E-state index contributed by atoms with van der Waals surface area (Å²) in [6.07, 6.45) is -0.434. The molecule has 0 N–H and O–H groups in total. The lowest BCUT2D eigenvalue weighted by atomic mass is 9.68. The monoisotopic (exact) mass is 284 g/mol. The van der Waals surface area contributed by atoms with Gasteiger partial charge >= 0.3 is 11.9 Å². The SMILES string of the molecule is CCOC(=O)C[C@H]1C[C@](C)(C(=O)OCC)C(=O)CC1=O. The highest BCUT2D eigenvalue weighted by Crippen LogP contribution is 2.37. The van der Waals surface area contributed by atoms with Gasteiger partial charge in [0.2, 0.25) is 0 Å². The van der Waals surface area contributed by atoms with Crippen LogP contribution in [0.5, 0.6) is 0 Å². The summed E-state index contributed by atoms with van der Waals surface area (Å²) in [6.45, 7) is 5.19. The summed E-state index contributed by atoms with van der Waals surface area (Å²) in [5.74, 6) is -2.55. The average Bonchev–Trinajstić information content (AvgIpc) is 2.36. The van der Waals surface area contributed by atoms with Crippen molar-refractivity contribution in [3.05, 3.63) is 0 Å². The Morgan fingerprint density at radius 2 is 1.80 bits per heavy atom.